The first-order chi connectivity index (χ1) is 4.77. The largest absolute Gasteiger partial charge is 0.229 e. The Hall–Kier alpha value is -0.300. The van der Waals surface area contributed by atoms with Crippen molar-refractivity contribution in [1.29, 1.82) is 0 Å². The van der Waals surface area contributed by atoms with E-state index in [0.717, 1.165) is 6.42 Å². The molecular weight excluding hydrogens is 124 g/mol. The van der Waals surface area contributed by atoms with Crippen LogP contribution in [-0.4, -0.2) is 6.10 Å². The summed E-state index contributed by atoms with van der Waals surface area (Å²) in [5.41, 5.74) is 0. The molecule has 1 unspecified atom stereocenters. The summed E-state index contributed by atoms with van der Waals surface area (Å²) in [6.07, 6.45) is 8.02. The summed E-state index contributed by atoms with van der Waals surface area (Å²) in [6.45, 7) is 3.84. The lowest BCUT2D eigenvalue weighted by molar-refractivity contribution is 0.146. The molecule has 0 amide bonds. The van der Waals surface area contributed by atoms with Crippen LogP contribution in [0.15, 0.2) is 12.2 Å². The van der Waals surface area contributed by atoms with Gasteiger partial charge in [0.2, 0.25) is 0 Å². The molecule has 0 bridgehead atoms. The van der Waals surface area contributed by atoms with E-state index in [1.54, 1.807) is 13.0 Å². The average Bonchev–Trinajstić information content (AvgIpc) is 1.87. The van der Waals surface area contributed by atoms with Crippen LogP contribution in [0.3, 0.4) is 0 Å². The van der Waals surface area contributed by atoms with Crippen LogP contribution in [0, 0.1) is 0 Å². The Bertz CT molecular complexity index is 84.7. The van der Waals surface area contributed by atoms with E-state index in [4.69, 9.17) is 0 Å². The second-order valence-corrected chi connectivity index (χ2v) is 2.63. The van der Waals surface area contributed by atoms with Crippen LogP contribution in [0.25, 0.3) is 0 Å². The fourth-order valence-corrected chi connectivity index (χ4v) is 0.800. The van der Waals surface area contributed by atoms with Crippen LogP contribution in [0.4, 0.5) is 0 Å². The van der Waals surface area contributed by atoms with Gasteiger partial charge in [0.15, 0.2) is 0 Å². The summed E-state index contributed by atoms with van der Waals surface area (Å²) in [7, 11) is 0. The van der Waals surface area contributed by atoms with Gasteiger partial charge < -0.3 is 0 Å². The molecule has 0 saturated carbocycles. The molecule has 0 aliphatic heterocycles. The maximum Gasteiger partial charge on any atom is 0.108 e. The smallest absolute Gasteiger partial charge is 0.108 e. The average molecular weight is 141 g/mol. The van der Waals surface area contributed by atoms with Crippen molar-refractivity contribution in [2.24, 2.45) is 0 Å². The molecule has 0 fully saturated rings. The Morgan fingerprint density at radius 1 is 1.40 bits per heavy atom. The van der Waals surface area contributed by atoms with Crippen molar-refractivity contribution in [3.63, 3.8) is 0 Å². The topological polar surface area (TPSA) is 19.9 Å². The molecule has 10 heavy (non-hydrogen) atoms. The third-order valence-corrected chi connectivity index (χ3v) is 1.38. The van der Waals surface area contributed by atoms with Crippen molar-refractivity contribution in [1.82, 2.24) is 0 Å². The highest BCUT2D eigenvalue weighted by molar-refractivity contribution is 4.85. The molecule has 0 aromatic heterocycles. The van der Waals surface area contributed by atoms with Crippen molar-refractivity contribution >= 4 is 0 Å². The van der Waals surface area contributed by atoms with Gasteiger partial charge in [-0.15, -0.1) is 0 Å². The molecule has 1 atom stereocenters. The third-order valence-electron chi connectivity index (χ3n) is 1.38. The first-order valence-corrected chi connectivity index (χ1v) is 4.10. The molecule has 1 radical (unpaired) electrons. The lowest BCUT2D eigenvalue weighted by atomic mass is 10.2. The molecule has 0 aliphatic rings. The number of hydrogen-bond acceptors (Lipinski definition) is 0. The van der Waals surface area contributed by atoms with E-state index in [0.29, 0.717) is 0 Å². The Labute approximate surface area is 63.8 Å². The van der Waals surface area contributed by atoms with E-state index in [1.165, 1.54) is 19.3 Å². The quantitative estimate of drug-likeness (QED) is 0.414. The molecule has 59 valence electrons. The molecule has 0 N–H and O–H groups in total. The van der Waals surface area contributed by atoms with E-state index < -0.39 is 6.10 Å². The molecule has 0 rings (SSSR count). The summed E-state index contributed by atoms with van der Waals surface area (Å²) in [4.78, 5) is 0. The first kappa shape index (κ1) is 9.70. The van der Waals surface area contributed by atoms with Crippen LogP contribution >= 0.6 is 0 Å². The van der Waals surface area contributed by atoms with Crippen LogP contribution in [0.5, 0.6) is 0 Å². The molecule has 1 heteroatoms. The molecule has 1 nitrogen and oxygen atoms in total. The van der Waals surface area contributed by atoms with Crippen molar-refractivity contribution in [3.05, 3.63) is 12.2 Å². The van der Waals surface area contributed by atoms with E-state index in [2.05, 4.69) is 6.92 Å². The Morgan fingerprint density at radius 2 is 2.10 bits per heavy atom. The first-order valence-electron chi connectivity index (χ1n) is 4.10. The predicted molar refractivity (Wildman–Crippen MR) is 43.4 cm³/mol. The summed E-state index contributed by atoms with van der Waals surface area (Å²) in [5.74, 6) is 0. The fourth-order valence-electron chi connectivity index (χ4n) is 0.800. The number of hydrogen-bond donors (Lipinski definition) is 0. The summed E-state index contributed by atoms with van der Waals surface area (Å²) in [5, 5.41) is 10.5. The van der Waals surface area contributed by atoms with Gasteiger partial charge in [-0.2, -0.15) is 0 Å². The summed E-state index contributed by atoms with van der Waals surface area (Å²) >= 11 is 0. The molecule has 0 aromatic carbocycles. The molecular formula is C9H17O. The van der Waals surface area contributed by atoms with E-state index in [1.807, 2.05) is 6.08 Å². The monoisotopic (exact) mass is 141 g/mol. The minimum Gasteiger partial charge on any atom is -0.229 e. The molecule has 0 aliphatic carbocycles. The van der Waals surface area contributed by atoms with Gasteiger partial charge in [0.1, 0.15) is 6.10 Å². The lowest BCUT2D eigenvalue weighted by Gasteiger charge is -1.92. The van der Waals surface area contributed by atoms with E-state index in [-0.39, 0.29) is 0 Å². The number of rotatable bonds is 5. The van der Waals surface area contributed by atoms with Gasteiger partial charge in [-0.05, 0) is 19.8 Å². The summed E-state index contributed by atoms with van der Waals surface area (Å²) in [6, 6.07) is 0. The zero-order valence-electron chi connectivity index (χ0n) is 6.97. The molecule has 0 spiro atoms. The zero-order valence-corrected chi connectivity index (χ0v) is 6.97. The van der Waals surface area contributed by atoms with Gasteiger partial charge in [-0.25, -0.2) is 5.11 Å². The van der Waals surface area contributed by atoms with Crippen molar-refractivity contribution < 1.29 is 5.11 Å². The molecule has 0 saturated heterocycles. The Balaban J connectivity index is 3.02. The van der Waals surface area contributed by atoms with Crippen LogP contribution in [0.2, 0.25) is 0 Å². The van der Waals surface area contributed by atoms with Crippen molar-refractivity contribution in [2.45, 2.75) is 45.6 Å². The van der Waals surface area contributed by atoms with Gasteiger partial charge in [-0.1, -0.05) is 31.9 Å². The van der Waals surface area contributed by atoms with Crippen LogP contribution in [-0.2, 0) is 5.11 Å². The van der Waals surface area contributed by atoms with Gasteiger partial charge >= 0.3 is 0 Å². The highest BCUT2D eigenvalue weighted by Gasteiger charge is 1.86. The highest BCUT2D eigenvalue weighted by atomic mass is 16.3. The van der Waals surface area contributed by atoms with Crippen LogP contribution < -0.4 is 0 Å². The van der Waals surface area contributed by atoms with Crippen molar-refractivity contribution in [3.8, 4) is 0 Å². The van der Waals surface area contributed by atoms with Gasteiger partial charge in [-0.3, -0.25) is 0 Å². The Kier molecular flexibility index (Phi) is 6.61. The minimum atomic E-state index is -0.526. The van der Waals surface area contributed by atoms with E-state index in [9.17, 15) is 5.11 Å². The normalized spacial score (nSPS) is 14.3. The lowest BCUT2D eigenvalue weighted by Crippen LogP contribution is -1.88. The second kappa shape index (κ2) is 6.81. The zero-order chi connectivity index (χ0) is 7.82. The SMILES string of the molecule is CCCCCC=CC(C)[O]. The predicted octanol–water partition coefficient (Wildman–Crippen LogP) is 2.94. The van der Waals surface area contributed by atoms with Gasteiger partial charge in [0.25, 0.3) is 0 Å². The number of allylic oxidation sites excluding steroid dienone is 1. The van der Waals surface area contributed by atoms with Crippen LogP contribution in [0.1, 0.15) is 39.5 Å². The minimum absolute atomic E-state index is 0.526. The van der Waals surface area contributed by atoms with Gasteiger partial charge in [0.05, 0.1) is 0 Å². The standard InChI is InChI=1S/C9H17O/c1-3-4-5-6-7-8-9(2)10/h7-9H,3-6H2,1-2H3. The fraction of sp³-hybridized carbons (Fsp3) is 0.778. The Morgan fingerprint density at radius 3 is 2.60 bits per heavy atom. The second-order valence-electron chi connectivity index (χ2n) is 2.63. The van der Waals surface area contributed by atoms with Crippen molar-refractivity contribution in [2.75, 3.05) is 0 Å². The highest BCUT2D eigenvalue weighted by Crippen LogP contribution is 1.99. The number of unbranched alkanes of at least 4 members (excludes halogenated alkanes) is 3. The maximum absolute atomic E-state index is 10.5. The third kappa shape index (κ3) is 7.70. The maximum atomic E-state index is 10.5. The molecule has 0 aromatic rings. The molecule has 0 heterocycles. The van der Waals surface area contributed by atoms with Gasteiger partial charge in [0, 0.05) is 0 Å². The summed E-state index contributed by atoms with van der Waals surface area (Å²) < 4.78 is 0. The van der Waals surface area contributed by atoms with E-state index >= 15 is 0 Å².